The molecule has 0 spiro atoms. The number of aryl methyl sites for hydroxylation is 4. The van der Waals surface area contributed by atoms with Crippen molar-refractivity contribution in [3.63, 3.8) is 0 Å². The molecule has 6 rings (SSSR count). The van der Waals surface area contributed by atoms with Gasteiger partial charge in [0.05, 0.1) is 16.5 Å². The van der Waals surface area contributed by atoms with Crippen LogP contribution in [0.4, 0.5) is 0 Å². The van der Waals surface area contributed by atoms with E-state index in [-0.39, 0.29) is 17.2 Å². The van der Waals surface area contributed by atoms with Crippen molar-refractivity contribution in [2.75, 3.05) is 0 Å². The number of thioether (sulfide) groups is 1. The number of H-pyrrole nitrogens is 1. The van der Waals surface area contributed by atoms with Gasteiger partial charge in [-0.3, -0.25) is 14.2 Å². The monoisotopic (exact) mass is 484 g/mol. The Hall–Kier alpha value is -1.97. The predicted molar refractivity (Wildman–Crippen MR) is 133 cm³/mol. The Labute approximate surface area is 197 Å². The molecule has 0 saturated heterocycles. The lowest BCUT2D eigenvalue weighted by Gasteiger charge is -2.18. The lowest BCUT2D eigenvalue weighted by Crippen LogP contribution is -2.26. The molecule has 0 radical (unpaired) electrons. The maximum Gasteiger partial charge on any atom is 0.263 e. The van der Waals surface area contributed by atoms with E-state index in [2.05, 4.69) is 11.9 Å². The van der Waals surface area contributed by atoms with Gasteiger partial charge in [-0.2, -0.15) is 0 Å². The SMILES string of the molecule is Cc1sc2nc(SCc3nc4sc5c(c4c(=O)[nH]3)CCC5)n(C3CCCC3)c(=O)c2c1C. The van der Waals surface area contributed by atoms with Gasteiger partial charge in [-0.05, 0) is 57.1 Å². The highest BCUT2D eigenvalue weighted by molar-refractivity contribution is 7.98. The molecule has 1 N–H and O–H groups in total. The third kappa shape index (κ3) is 3.20. The molecule has 2 aliphatic carbocycles. The van der Waals surface area contributed by atoms with Crippen LogP contribution in [0.2, 0.25) is 0 Å². The van der Waals surface area contributed by atoms with Gasteiger partial charge in [-0.25, -0.2) is 9.97 Å². The van der Waals surface area contributed by atoms with Crippen molar-refractivity contribution in [3.05, 3.63) is 47.4 Å². The maximum absolute atomic E-state index is 13.5. The van der Waals surface area contributed by atoms with Crippen LogP contribution >= 0.6 is 34.4 Å². The highest BCUT2D eigenvalue weighted by atomic mass is 32.2. The van der Waals surface area contributed by atoms with Gasteiger partial charge in [0, 0.05) is 15.8 Å². The Morgan fingerprint density at radius 3 is 2.62 bits per heavy atom. The molecule has 0 aliphatic heterocycles. The van der Waals surface area contributed by atoms with Crippen molar-refractivity contribution in [3.8, 4) is 0 Å². The van der Waals surface area contributed by atoms with Crippen LogP contribution in [-0.2, 0) is 18.6 Å². The van der Waals surface area contributed by atoms with Gasteiger partial charge < -0.3 is 4.98 Å². The Bertz CT molecular complexity index is 1490. The molecule has 32 heavy (non-hydrogen) atoms. The summed E-state index contributed by atoms with van der Waals surface area (Å²) in [6, 6.07) is 0.205. The van der Waals surface area contributed by atoms with Crippen LogP contribution in [-0.4, -0.2) is 19.5 Å². The summed E-state index contributed by atoms with van der Waals surface area (Å²) in [7, 11) is 0. The first kappa shape index (κ1) is 20.6. The van der Waals surface area contributed by atoms with E-state index >= 15 is 0 Å². The molecular formula is C23H24N4O2S3. The number of hydrogen-bond acceptors (Lipinski definition) is 7. The van der Waals surface area contributed by atoms with Gasteiger partial charge in [0.15, 0.2) is 5.16 Å². The number of thiophene rings is 2. The van der Waals surface area contributed by atoms with Crippen molar-refractivity contribution in [1.82, 2.24) is 19.5 Å². The first-order chi connectivity index (χ1) is 15.5. The van der Waals surface area contributed by atoms with E-state index in [1.807, 2.05) is 11.5 Å². The summed E-state index contributed by atoms with van der Waals surface area (Å²) in [4.78, 5) is 43.2. The van der Waals surface area contributed by atoms with Crippen molar-refractivity contribution in [2.24, 2.45) is 0 Å². The fraction of sp³-hybridized carbons (Fsp3) is 0.478. The van der Waals surface area contributed by atoms with E-state index in [9.17, 15) is 9.59 Å². The molecule has 1 saturated carbocycles. The van der Waals surface area contributed by atoms with E-state index < -0.39 is 0 Å². The summed E-state index contributed by atoms with van der Waals surface area (Å²) in [5, 5.41) is 2.29. The molecule has 0 atom stereocenters. The average molecular weight is 485 g/mol. The lowest BCUT2D eigenvalue weighted by atomic mass is 10.2. The third-order valence-electron chi connectivity index (χ3n) is 6.85. The van der Waals surface area contributed by atoms with Gasteiger partial charge in [0.2, 0.25) is 0 Å². The normalized spacial score (nSPS) is 16.6. The molecule has 166 valence electrons. The zero-order valence-electron chi connectivity index (χ0n) is 18.1. The number of rotatable bonds is 4. The zero-order valence-corrected chi connectivity index (χ0v) is 20.6. The fourth-order valence-corrected chi connectivity index (χ4v) is 8.41. The highest BCUT2D eigenvalue weighted by Gasteiger charge is 2.25. The van der Waals surface area contributed by atoms with E-state index in [1.165, 1.54) is 22.2 Å². The van der Waals surface area contributed by atoms with Gasteiger partial charge in [0.1, 0.15) is 15.5 Å². The molecule has 0 aromatic carbocycles. The molecule has 4 heterocycles. The molecule has 2 aliphatic rings. The fourth-order valence-electron chi connectivity index (χ4n) is 5.12. The van der Waals surface area contributed by atoms with E-state index in [4.69, 9.17) is 9.97 Å². The Morgan fingerprint density at radius 2 is 1.81 bits per heavy atom. The van der Waals surface area contributed by atoms with Crippen molar-refractivity contribution >= 4 is 54.9 Å². The number of nitrogens with zero attached hydrogens (tertiary/aromatic N) is 3. The first-order valence-corrected chi connectivity index (χ1v) is 13.8. The third-order valence-corrected chi connectivity index (χ3v) is 10.1. The zero-order chi connectivity index (χ0) is 22.0. The molecule has 4 aromatic heterocycles. The van der Waals surface area contributed by atoms with E-state index in [0.29, 0.717) is 11.6 Å². The van der Waals surface area contributed by atoms with Crippen LogP contribution < -0.4 is 11.1 Å². The standard InChI is InChI=1S/C23H24N4O2S3/c1-11-12(2)31-20-17(11)22(29)27(13-6-3-4-7-13)23(26-20)30-10-16-24-19(28)18-14-8-5-9-15(14)32-21(18)25-16/h13H,3-10H2,1-2H3,(H,24,25,28). The number of hydrogen-bond donors (Lipinski definition) is 1. The van der Waals surface area contributed by atoms with Crippen LogP contribution in [0.3, 0.4) is 0 Å². The van der Waals surface area contributed by atoms with Gasteiger partial charge in [-0.1, -0.05) is 24.6 Å². The van der Waals surface area contributed by atoms with Crippen molar-refractivity contribution < 1.29 is 0 Å². The minimum absolute atomic E-state index is 0.0360. The van der Waals surface area contributed by atoms with E-state index in [0.717, 1.165) is 81.0 Å². The second kappa shape index (κ2) is 7.81. The summed E-state index contributed by atoms with van der Waals surface area (Å²) in [6.45, 7) is 4.07. The number of aromatic nitrogens is 4. The number of aromatic amines is 1. The summed E-state index contributed by atoms with van der Waals surface area (Å²) in [6.07, 6.45) is 7.49. The Balaban J connectivity index is 1.40. The average Bonchev–Trinajstić information content (AvgIpc) is 3.52. The lowest BCUT2D eigenvalue weighted by molar-refractivity contribution is 0.458. The minimum atomic E-state index is -0.0360. The minimum Gasteiger partial charge on any atom is -0.309 e. The van der Waals surface area contributed by atoms with Crippen molar-refractivity contribution in [2.45, 2.75) is 75.7 Å². The Kier molecular flexibility index (Phi) is 5.04. The predicted octanol–water partition coefficient (Wildman–Crippen LogP) is 5.27. The van der Waals surface area contributed by atoms with Crippen molar-refractivity contribution in [1.29, 1.82) is 0 Å². The molecule has 4 aromatic rings. The second-order valence-electron chi connectivity index (χ2n) is 8.81. The summed E-state index contributed by atoms with van der Waals surface area (Å²) >= 11 is 4.76. The first-order valence-electron chi connectivity index (χ1n) is 11.2. The van der Waals surface area contributed by atoms with Gasteiger partial charge in [0.25, 0.3) is 11.1 Å². The van der Waals surface area contributed by atoms with Gasteiger partial charge >= 0.3 is 0 Å². The second-order valence-corrected chi connectivity index (χ2v) is 12.0. The molecule has 9 heteroatoms. The molecule has 0 unspecified atom stereocenters. The summed E-state index contributed by atoms with van der Waals surface area (Å²) < 4.78 is 1.93. The molecular weight excluding hydrogens is 460 g/mol. The van der Waals surface area contributed by atoms with Crippen LogP contribution in [0, 0.1) is 13.8 Å². The Morgan fingerprint density at radius 1 is 1.03 bits per heavy atom. The van der Waals surface area contributed by atoms with Crippen LogP contribution in [0.1, 0.15) is 64.9 Å². The summed E-state index contributed by atoms with van der Waals surface area (Å²) in [5.41, 5.74) is 2.29. The van der Waals surface area contributed by atoms with E-state index in [1.54, 1.807) is 22.7 Å². The molecule has 1 fully saturated rings. The van der Waals surface area contributed by atoms with Gasteiger partial charge in [-0.15, -0.1) is 22.7 Å². The topological polar surface area (TPSA) is 80.6 Å². The molecule has 6 nitrogen and oxygen atoms in total. The molecule has 0 amide bonds. The number of nitrogens with one attached hydrogen (secondary N) is 1. The molecule has 0 bridgehead atoms. The number of fused-ring (bicyclic) bond motifs is 4. The summed E-state index contributed by atoms with van der Waals surface area (Å²) in [5.74, 6) is 1.14. The maximum atomic E-state index is 13.5. The van der Waals surface area contributed by atoms with Crippen LogP contribution in [0.5, 0.6) is 0 Å². The van der Waals surface area contributed by atoms with Crippen LogP contribution in [0.25, 0.3) is 20.4 Å². The smallest absolute Gasteiger partial charge is 0.263 e. The highest BCUT2D eigenvalue weighted by Crippen LogP contribution is 2.36. The largest absolute Gasteiger partial charge is 0.309 e. The quantitative estimate of drug-likeness (QED) is 0.315. The van der Waals surface area contributed by atoms with Crippen LogP contribution in [0.15, 0.2) is 14.7 Å².